The number of alkyl halides is 1. The Hall–Kier alpha value is -0.380. The Morgan fingerprint density at radius 2 is 2.00 bits per heavy atom. The normalized spacial score (nSPS) is 25.6. The second-order valence-corrected chi connectivity index (χ2v) is 7.15. The predicted octanol–water partition coefficient (Wildman–Crippen LogP) is 4.25. The number of hydrogen-bond donors (Lipinski definition) is 0. The fraction of sp³-hybridized carbons (Fsp3) is 0.625. The Kier molecular flexibility index (Phi) is 4.79. The summed E-state index contributed by atoms with van der Waals surface area (Å²) in [5, 5.41) is 0. The summed E-state index contributed by atoms with van der Waals surface area (Å²) in [4.78, 5) is 0. The van der Waals surface area contributed by atoms with E-state index in [4.69, 9.17) is 21.1 Å². The van der Waals surface area contributed by atoms with Crippen molar-refractivity contribution in [2.75, 3.05) is 18.1 Å². The summed E-state index contributed by atoms with van der Waals surface area (Å²) in [6.07, 6.45) is 4.65. The van der Waals surface area contributed by atoms with E-state index in [0.29, 0.717) is 5.88 Å². The number of halogens is 1. The highest BCUT2D eigenvalue weighted by Crippen LogP contribution is 2.38. The molecule has 1 aromatic carbocycles. The van der Waals surface area contributed by atoms with Gasteiger partial charge in [0.2, 0.25) is 0 Å². The molecule has 2 heterocycles. The topological polar surface area (TPSA) is 18.5 Å². The van der Waals surface area contributed by atoms with Crippen LogP contribution in [0.3, 0.4) is 0 Å². The predicted molar refractivity (Wildman–Crippen MR) is 84.9 cm³/mol. The zero-order valence-corrected chi connectivity index (χ0v) is 13.2. The molecule has 4 heteroatoms. The van der Waals surface area contributed by atoms with Gasteiger partial charge in [0.05, 0.1) is 12.2 Å². The molecule has 3 rings (SSSR count). The fourth-order valence-electron chi connectivity index (χ4n) is 3.02. The van der Waals surface area contributed by atoms with Gasteiger partial charge in [-0.1, -0.05) is 12.1 Å². The first kappa shape index (κ1) is 14.6. The molecule has 2 nitrogen and oxygen atoms in total. The van der Waals surface area contributed by atoms with Gasteiger partial charge in [-0.2, -0.15) is 11.8 Å². The third-order valence-corrected chi connectivity index (χ3v) is 5.53. The van der Waals surface area contributed by atoms with E-state index in [0.717, 1.165) is 30.8 Å². The molecule has 2 aliphatic heterocycles. The Bertz CT molecular complexity index is 423. The highest BCUT2D eigenvalue weighted by Gasteiger charge is 2.39. The van der Waals surface area contributed by atoms with Crippen LogP contribution < -0.4 is 4.74 Å². The van der Waals surface area contributed by atoms with Gasteiger partial charge in [0, 0.05) is 18.7 Å². The molecule has 1 atom stereocenters. The molecular formula is C16H21ClO2S. The molecule has 2 saturated heterocycles. The molecule has 2 aliphatic rings. The minimum atomic E-state index is 0.0875. The van der Waals surface area contributed by atoms with E-state index in [1.807, 2.05) is 36.0 Å². The smallest absolute Gasteiger partial charge is 0.119 e. The Morgan fingerprint density at radius 1 is 1.25 bits per heavy atom. The third-order valence-electron chi connectivity index (χ3n) is 4.23. The standard InChI is InChI=1S/C16H21ClO2S/c17-12-13-1-3-14(4-2-13)19-15-5-8-18-16(11-15)6-9-20-10-7-16/h1-4,15H,5-12H2. The molecule has 0 radical (unpaired) electrons. The lowest BCUT2D eigenvalue weighted by Crippen LogP contribution is -2.46. The van der Waals surface area contributed by atoms with Crippen LogP contribution in [0.25, 0.3) is 0 Å². The van der Waals surface area contributed by atoms with E-state index in [1.54, 1.807) is 0 Å². The van der Waals surface area contributed by atoms with E-state index in [-0.39, 0.29) is 11.7 Å². The van der Waals surface area contributed by atoms with Gasteiger partial charge in [-0.25, -0.2) is 0 Å². The summed E-state index contributed by atoms with van der Waals surface area (Å²) < 4.78 is 12.3. The van der Waals surface area contributed by atoms with Crippen LogP contribution in [-0.4, -0.2) is 29.8 Å². The maximum absolute atomic E-state index is 6.15. The number of thioether (sulfide) groups is 1. The molecule has 0 saturated carbocycles. The second kappa shape index (κ2) is 6.59. The summed E-state index contributed by atoms with van der Waals surface area (Å²) in [5.41, 5.74) is 1.22. The number of benzene rings is 1. The molecule has 2 fully saturated rings. The number of hydrogen-bond acceptors (Lipinski definition) is 3. The van der Waals surface area contributed by atoms with E-state index in [1.165, 1.54) is 24.3 Å². The van der Waals surface area contributed by atoms with Crippen molar-refractivity contribution >= 4 is 23.4 Å². The van der Waals surface area contributed by atoms with E-state index >= 15 is 0 Å². The van der Waals surface area contributed by atoms with Gasteiger partial charge in [0.15, 0.2) is 0 Å². The first-order valence-electron chi connectivity index (χ1n) is 7.33. The maximum atomic E-state index is 6.15. The van der Waals surface area contributed by atoms with Crippen LogP contribution in [0.2, 0.25) is 0 Å². The minimum absolute atomic E-state index is 0.0875. The van der Waals surface area contributed by atoms with Crippen LogP contribution in [0.1, 0.15) is 31.2 Å². The largest absolute Gasteiger partial charge is 0.490 e. The van der Waals surface area contributed by atoms with Crippen molar-refractivity contribution in [3.8, 4) is 5.75 Å². The van der Waals surface area contributed by atoms with Crippen LogP contribution in [0.15, 0.2) is 24.3 Å². The van der Waals surface area contributed by atoms with E-state index in [9.17, 15) is 0 Å². The molecule has 0 N–H and O–H groups in total. The van der Waals surface area contributed by atoms with Gasteiger partial charge in [-0.3, -0.25) is 0 Å². The van der Waals surface area contributed by atoms with Crippen molar-refractivity contribution in [1.82, 2.24) is 0 Å². The molecule has 0 amide bonds. The van der Waals surface area contributed by atoms with Crippen molar-refractivity contribution in [2.24, 2.45) is 0 Å². The summed E-state index contributed by atoms with van der Waals surface area (Å²) in [7, 11) is 0. The molecule has 0 bridgehead atoms. The Balaban J connectivity index is 1.61. The highest BCUT2D eigenvalue weighted by atomic mass is 35.5. The lowest BCUT2D eigenvalue weighted by Gasteiger charge is -2.43. The SMILES string of the molecule is ClCc1ccc(OC2CCOC3(CCSCC3)C2)cc1. The molecule has 20 heavy (non-hydrogen) atoms. The first-order chi connectivity index (χ1) is 9.80. The first-order valence-corrected chi connectivity index (χ1v) is 9.02. The molecule has 1 unspecified atom stereocenters. The second-order valence-electron chi connectivity index (χ2n) is 5.65. The third kappa shape index (κ3) is 3.44. The van der Waals surface area contributed by atoms with Gasteiger partial charge in [-0.05, 0) is 42.0 Å². The number of ether oxygens (including phenoxy) is 2. The Labute approximate surface area is 130 Å². The molecule has 110 valence electrons. The maximum Gasteiger partial charge on any atom is 0.119 e. The zero-order chi connectivity index (χ0) is 13.8. The lowest BCUT2D eigenvalue weighted by molar-refractivity contribution is -0.116. The average Bonchev–Trinajstić information content (AvgIpc) is 2.49. The summed E-state index contributed by atoms with van der Waals surface area (Å²) >= 11 is 7.85. The minimum Gasteiger partial charge on any atom is -0.490 e. The van der Waals surface area contributed by atoms with Gasteiger partial charge in [0.25, 0.3) is 0 Å². The van der Waals surface area contributed by atoms with Crippen LogP contribution >= 0.6 is 23.4 Å². The highest BCUT2D eigenvalue weighted by molar-refractivity contribution is 7.99. The quantitative estimate of drug-likeness (QED) is 0.777. The van der Waals surface area contributed by atoms with E-state index in [2.05, 4.69) is 0 Å². The summed E-state index contributed by atoms with van der Waals surface area (Å²) in [6.45, 7) is 0.828. The Morgan fingerprint density at radius 3 is 2.70 bits per heavy atom. The van der Waals surface area contributed by atoms with Crippen LogP contribution in [0.5, 0.6) is 5.75 Å². The van der Waals surface area contributed by atoms with Gasteiger partial charge >= 0.3 is 0 Å². The van der Waals surface area contributed by atoms with Gasteiger partial charge in [0.1, 0.15) is 11.9 Å². The van der Waals surface area contributed by atoms with Crippen molar-refractivity contribution in [3.63, 3.8) is 0 Å². The van der Waals surface area contributed by atoms with Crippen LogP contribution in [0, 0.1) is 0 Å². The van der Waals surface area contributed by atoms with Crippen molar-refractivity contribution in [2.45, 2.75) is 43.3 Å². The molecule has 1 aromatic rings. The van der Waals surface area contributed by atoms with E-state index < -0.39 is 0 Å². The van der Waals surface area contributed by atoms with Crippen molar-refractivity contribution in [3.05, 3.63) is 29.8 Å². The zero-order valence-electron chi connectivity index (χ0n) is 11.6. The fourth-order valence-corrected chi connectivity index (χ4v) is 4.44. The lowest BCUT2D eigenvalue weighted by atomic mass is 9.86. The summed E-state index contributed by atoms with van der Waals surface area (Å²) in [6, 6.07) is 8.12. The summed E-state index contributed by atoms with van der Waals surface area (Å²) in [5.74, 6) is 3.94. The molecule has 1 spiro atoms. The van der Waals surface area contributed by atoms with Crippen molar-refractivity contribution < 1.29 is 9.47 Å². The molecular weight excluding hydrogens is 292 g/mol. The van der Waals surface area contributed by atoms with Gasteiger partial charge < -0.3 is 9.47 Å². The monoisotopic (exact) mass is 312 g/mol. The van der Waals surface area contributed by atoms with Gasteiger partial charge in [-0.15, -0.1) is 11.6 Å². The molecule has 0 aliphatic carbocycles. The number of rotatable bonds is 3. The molecule has 0 aromatic heterocycles. The van der Waals surface area contributed by atoms with Crippen molar-refractivity contribution in [1.29, 1.82) is 0 Å². The average molecular weight is 313 g/mol. The van der Waals surface area contributed by atoms with Crippen LogP contribution in [-0.2, 0) is 10.6 Å². The van der Waals surface area contributed by atoms with Crippen LogP contribution in [0.4, 0.5) is 0 Å².